The largest absolute Gasteiger partial charge is 0.326 e. The molecule has 2 aliphatic rings. The molecule has 0 radical (unpaired) electrons. The van der Waals surface area contributed by atoms with E-state index in [0.29, 0.717) is 5.69 Å². The van der Waals surface area contributed by atoms with E-state index >= 15 is 0 Å². The Bertz CT molecular complexity index is 1110. The van der Waals surface area contributed by atoms with Crippen LogP contribution in [0.5, 0.6) is 0 Å². The Morgan fingerprint density at radius 3 is 2.41 bits per heavy atom. The quantitative estimate of drug-likeness (QED) is 0.361. The molecule has 0 unspecified atom stereocenters. The normalized spacial score (nSPS) is 16.6. The molecule has 3 amide bonds. The first-order valence-corrected chi connectivity index (χ1v) is 11.3. The number of fused-ring (bicyclic) bond motifs is 1. The average molecular weight is 466 g/mol. The number of likely N-dealkylation sites (N-methyl/N-ethyl adjacent to an activating group) is 1. The molecule has 4 rings (SSSR count). The Labute approximate surface area is 197 Å². The maximum absolute atomic E-state index is 12.6. The fraction of sp³-hybridized carbons (Fsp3) is 0.375. The number of nitro benzene ring substituents is 1. The molecule has 0 aliphatic carbocycles. The highest BCUT2D eigenvalue weighted by molar-refractivity contribution is 6.23. The van der Waals surface area contributed by atoms with Crippen molar-refractivity contribution in [1.29, 1.82) is 0 Å². The number of nitro groups is 1. The Hall–Kier alpha value is -3.63. The molecule has 10 heteroatoms. The van der Waals surface area contributed by atoms with Gasteiger partial charge in [-0.25, -0.2) is 0 Å². The van der Waals surface area contributed by atoms with Crippen LogP contribution in [0, 0.1) is 10.1 Å². The molecule has 2 aromatic carbocycles. The second kappa shape index (κ2) is 10.1. The van der Waals surface area contributed by atoms with Gasteiger partial charge in [0.05, 0.1) is 10.5 Å². The zero-order valence-corrected chi connectivity index (χ0v) is 19.0. The van der Waals surface area contributed by atoms with E-state index in [0.717, 1.165) is 37.6 Å². The first-order valence-electron chi connectivity index (χ1n) is 11.3. The summed E-state index contributed by atoms with van der Waals surface area (Å²) in [5.74, 6) is -1.49. The van der Waals surface area contributed by atoms with Crippen molar-refractivity contribution >= 4 is 29.1 Å². The lowest BCUT2D eigenvalue weighted by Crippen LogP contribution is -2.43. The van der Waals surface area contributed by atoms with Crippen LogP contribution in [-0.2, 0) is 11.3 Å². The number of carbonyl (C=O) groups is 3. The average Bonchev–Trinajstić information content (AvgIpc) is 3.06. The zero-order valence-electron chi connectivity index (χ0n) is 19.0. The van der Waals surface area contributed by atoms with Gasteiger partial charge < -0.3 is 10.2 Å². The molecule has 2 heterocycles. The molecule has 1 N–H and O–H groups in total. The molecule has 0 saturated carbocycles. The van der Waals surface area contributed by atoms with E-state index in [1.54, 1.807) is 0 Å². The van der Waals surface area contributed by atoms with Crippen LogP contribution in [0.3, 0.4) is 0 Å². The Morgan fingerprint density at radius 2 is 1.74 bits per heavy atom. The van der Waals surface area contributed by atoms with Crippen LogP contribution in [0.4, 0.5) is 11.4 Å². The van der Waals surface area contributed by atoms with Gasteiger partial charge >= 0.3 is 0 Å². The van der Waals surface area contributed by atoms with Gasteiger partial charge in [-0.2, -0.15) is 0 Å². The van der Waals surface area contributed by atoms with E-state index in [-0.39, 0.29) is 42.1 Å². The topological polar surface area (TPSA) is 116 Å². The summed E-state index contributed by atoms with van der Waals surface area (Å²) in [5.41, 5.74) is 1.33. The highest BCUT2D eigenvalue weighted by atomic mass is 16.6. The number of hydrogen-bond donors (Lipinski definition) is 1. The molecule has 34 heavy (non-hydrogen) atoms. The summed E-state index contributed by atoms with van der Waals surface area (Å²) in [5, 5.41) is 14.0. The summed E-state index contributed by atoms with van der Waals surface area (Å²) in [6, 6.07) is 11.7. The molecule has 10 nitrogen and oxygen atoms in total. The first-order chi connectivity index (χ1) is 16.3. The van der Waals surface area contributed by atoms with Crippen LogP contribution in [0.2, 0.25) is 0 Å². The van der Waals surface area contributed by atoms with Crippen molar-refractivity contribution < 1.29 is 19.3 Å². The van der Waals surface area contributed by atoms with E-state index < -0.39 is 16.7 Å². The first kappa shape index (κ1) is 23.5. The van der Waals surface area contributed by atoms with Crippen LogP contribution in [0.15, 0.2) is 42.5 Å². The number of anilines is 1. The SMILES string of the molecule is CN1CCN(Cc2ccc(NC(=O)CCCN3C(=O)c4cccc([N+](=O)[O-])c4C3=O)cc2)CC1. The third-order valence-electron chi connectivity index (χ3n) is 6.20. The van der Waals surface area contributed by atoms with Gasteiger partial charge in [-0.1, -0.05) is 18.2 Å². The number of amides is 3. The molecule has 178 valence electrons. The van der Waals surface area contributed by atoms with Crippen molar-refractivity contribution in [2.75, 3.05) is 45.1 Å². The van der Waals surface area contributed by atoms with Crippen molar-refractivity contribution in [3.8, 4) is 0 Å². The molecule has 1 saturated heterocycles. The molecule has 0 spiro atoms. The fourth-order valence-corrected chi connectivity index (χ4v) is 4.25. The molecule has 2 aromatic rings. The minimum absolute atomic E-state index is 0.0148. The predicted octanol–water partition coefficient (Wildman–Crippen LogP) is 2.36. The highest BCUT2D eigenvalue weighted by Gasteiger charge is 2.40. The van der Waals surface area contributed by atoms with Gasteiger partial charge in [0.2, 0.25) is 5.91 Å². The second-order valence-corrected chi connectivity index (χ2v) is 8.65. The van der Waals surface area contributed by atoms with Crippen LogP contribution >= 0.6 is 0 Å². The van der Waals surface area contributed by atoms with Gasteiger partial charge in [0, 0.05) is 57.4 Å². The summed E-state index contributed by atoms with van der Waals surface area (Å²) < 4.78 is 0. The van der Waals surface area contributed by atoms with Crippen molar-refractivity contribution in [1.82, 2.24) is 14.7 Å². The lowest BCUT2D eigenvalue weighted by molar-refractivity contribution is -0.385. The van der Waals surface area contributed by atoms with E-state index in [1.807, 2.05) is 24.3 Å². The van der Waals surface area contributed by atoms with Crippen LogP contribution in [0.25, 0.3) is 0 Å². The number of benzene rings is 2. The summed E-state index contributed by atoms with van der Waals surface area (Å²) in [7, 11) is 2.13. The van der Waals surface area contributed by atoms with Crippen molar-refractivity contribution in [2.24, 2.45) is 0 Å². The van der Waals surface area contributed by atoms with Gasteiger partial charge in [-0.15, -0.1) is 0 Å². The van der Waals surface area contributed by atoms with Crippen LogP contribution in [0.1, 0.15) is 39.1 Å². The smallest absolute Gasteiger partial charge is 0.282 e. The Balaban J connectivity index is 1.25. The molecule has 0 aromatic heterocycles. The number of piperazine rings is 1. The maximum atomic E-state index is 12.6. The predicted molar refractivity (Wildman–Crippen MR) is 126 cm³/mol. The van der Waals surface area contributed by atoms with Gasteiger partial charge in [-0.05, 0) is 37.2 Å². The number of rotatable bonds is 8. The van der Waals surface area contributed by atoms with E-state index in [4.69, 9.17) is 0 Å². The molecule has 2 aliphatic heterocycles. The van der Waals surface area contributed by atoms with Gasteiger partial charge in [0.1, 0.15) is 5.56 Å². The summed E-state index contributed by atoms with van der Waals surface area (Å²) in [6.07, 6.45) is 0.366. The molecule has 0 atom stereocenters. The lowest BCUT2D eigenvalue weighted by Gasteiger charge is -2.32. The van der Waals surface area contributed by atoms with Gasteiger partial charge in [0.15, 0.2) is 0 Å². The van der Waals surface area contributed by atoms with Gasteiger partial charge in [-0.3, -0.25) is 34.3 Å². The van der Waals surface area contributed by atoms with Crippen molar-refractivity contribution in [3.63, 3.8) is 0 Å². The minimum atomic E-state index is -0.691. The third-order valence-corrected chi connectivity index (χ3v) is 6.20. The molecular formula is C24H27N5O5. The standard InChI is InChI=1S/C24H27N5O5/c1-26-12-14-27(15-13-26)16-17-7-9-18(10-8-17)25-21(30)6-3-11-28-23(31)19-4-2-5-20(29(33)34)22(19)24(28)32/h2,4-5,7-10H,3,6,11-16H2,1H3,(H,25,30). The molecular weight excluding hydrogens is 438 g/mol. The Morgan fingerprint density at radius 1 is 1.03 bits per heavy atom. The van der Waals surface area contributed by atoms with E-state index in [9.17, 15) is 24.5 Å². The monoisotopic (exact) mass is 465 g/mol. The number of hydrogen-bond acceptors (Lipinski definition) is 7. The Kier molecular flexibility index (Phi) is 6.99. The summed E-state index contributed by atoms with van der Waals surface area (Å²) in [6.45, 7) is 5.09. The van der Waals surface area contributed by atoms with Gasteiger partial charge in [0.25, 0.3) is 17.5 Å². The molecule has 0 bridgehead atoms. The molecule has 1 fully saturated rings. The third kappa shape index (κ3) is 5.13. The van der Waals surface area contributed by atoms with Crippen molar-refractivity contribution in [2.45, 2.75) is 19.4 Å². The minimum Gasteiger partial charge on any atom is -0.326 e. The number of carbonyl (C=O) groups excluding carboxylic acids is 3. The summed E-state index contributed by atoms with van der Waals surface area (Å²) >= 11 is 0. The van der Waals surface area contributed by atoms with E-state index in [1.165, 1.54) is 23.8 Å². The number of nitrogens with one attached hydrogen (secondary N) is 1. The highest BCUT2D eigenvalue weighted by Crippen LogP contribution is 2.30. The lowest BCUT2D eigenvalue weighted by atomic mass is 10.1. The van der Waals surface area contributed by atoms with Crippen molar-refractivity contribution in [3.05, 3.63) is 69.3 Å². The van der Waals surface area contributed by atoms with Crippen LogP contribution < -0.4 is 5.32 Å². The van der Waals surface area contributed by atoms with Crippen LogP contribution in [-0.4, -0.2) is 77.1 Å². The zero-order chi connectivity index (χ0) is 24.2. The maximum Gasteiger partial charge on any atom is 0.282 e. The number of imide groups is 1. The summed E-state index contributed by atoms with van der Waals surface area (Å²) in [4.78, 5) is 53.7. The van der Waals surface area contributed by atoms with E-state index in [2.05, 4.69) is 22.2 Å². The second-order valence-electron chi connectivity index (χ2n) is 8.65. The fourth-order valence-electron chi connectivity index (χ4n) is 4.25. The number of nitrogens with zero attached hydrogens (tertiary/aromatic N) is 4.